The van der Waals surface area contributed by atoms with Crippen molar-refractivity contribution in [1.29, 1.82) is 0 Å². The number of amides is 1. The molecule has 2 N–H and O–H groups in total. The van der Waals surface area contributed by atoms with E-state index in [2.05, 4.69) is 13.8 Å². The number of hydrogen-bond acceptors (Lipinski definition) is 4. The van der Waals surface area contributed by atoms with Crippen LogP contribution in [-0.2, 0) is 4.79 Å². The van der Waals surface area contributed by atoms with Crippen LogP contribution < -0.4 is 5.73 Å². The van der Waals surface area contributed by atoms with Crippen LogP contribution in [-0.4, -0.2) is 28.4 Å². The summed E-state index contributed by atoms with van der Waals surface area (Å²) >= 11 is 0. The third-order valence-corrected chi connectivity index (χ3v) is 4.60. The third kappa shape index (κ3) is 5.24. The molecular formula is C20H29Cl2N3O2. The number of hydrogen-bond donors (Lipinski definition) is 1. The zero-order valence-electron chi connectivity index (χ0n) is 16.1. The van der Waals surface area contributed by atoms with E-state index in [1.54, 1.807) is 0 Å². The topological polar surface area (TPSA) is 72.4 Å². The molecule has 1 aromatic carbocycles. The zero-order valence-corrected chi connectivity index (χ0v) is 17.7. The van der Waals surface area contributed by atoms with Crippen molar-refractivity contribution in [3.63, 3.8) is 0 Å². The first-order chi connectivity index (χ1) is 12.0. The van der Waals surface area contributed by atoms with Crippen LogP contribution in [0.2, 0.25) is 0 Å². The molecule has 2 atom stereocenters. The smallest absolute Gasteiger partial charge is 0.224 e. The van der Waals surface area contributed by atoms with Gasteiger partial charge in [-0.25, -0.2) is 4.98 Å². The maximum absolute atomic E-state index is 12.5. The van der Waals surface area contributed by atoms with Gasteiger partial charge < -0.3 is 15.1 Å². The number of aromatic nitrogens is 1. The van der Waals surface area contributed by atoms with Gasteiger partial charge in [-0.1, -0.05) is 44.2 Å². The first-order valence-corrected chi connectivity index (χ1v) is 9.08. The molecule has 1 saturated heterocycles. The fraction of sp³-hybridized carbons (Fsp3) is 0.500. The van der Waals surface area contributed by atoms with Gasteiger partial charge in [-0.15, -0.1) is 24.8 Å². The van der Waals surface area contributed by atoms with Gasteiger partial charge in [0, 0.05) is 30.5 Å². The summed E-state index contributed by atoms with van der Waals surface area (Å²) in [6, 6.07) is 9.86. The van der Waals surface area contributed by atoms with E-state index >= 15 is 0 Å². The molecule has 7 heteroatoms. The highest BCUT2D eigenvalue weighted by atomic mass is 35.5. The summed E-state index contributed by atoms with van der Waals surface area (Å²) in [6.45, 7) is 6.81. The summed E-state index contributed by atoms with van der Waals surface area (Å²) in [5, 5.41) is 0. The molecule has 150 valence electrons. The Bertz CT molecular complexity index is 732. The highest BCUT2D eigenvalue weighted by molar-refractivity contribution is 5.85. The Hall–Kier alpha value is -1.56. The van der Waals surface area contributed by atoms with E-state index in [1.807, 2.05) is 42.2 Å². The SMILES string of the molecule is CC(N)CC(=O)N1CCCC1c1nc(-c2ccccc2)c(C(C)C)o1.Cl.Cl. The van der Waals surface area contributed by atoms with Gasteiger partial charge in [-0.2, -0.15) is 0 Å². The largest absolute Gasteiger partial charge is 0.442 e. The van der Waals surface area contributed by atoms with Gasteiger partial charge >= 0.3 is 0 Å². The average Bonchev–Trinajstić information content (AvgIpc) is 3.22. The van der Waals surface area contributed by atoms with Gasteiger partial charge in [0.25, 0.3) is 0 Å². The molecule has 27 heavy (non-hydrogen) atoms. The average molecular weight is 414 g/mol. The number of oxazole rings is 1. The van der Waals surface area contributed by atoms with Gasteiger partial charge in [0.1, 0.15) is 17.5 Å². The van der Waals surface area contributed by atoms with Gasteiger partial charge in [-0.05, 0) is 19.8 Å². The maximum Gasteiger partial charge on any atom is 0.224 e. The summed E-state index contributed by atoms with van der Waals surface area (Å²) < 4.78 is 6.16. The fourth-order valence-corrected chi connectivity index (χ4v) is 3.40. The highest BCUT2D eigenvalue weighted by Gasteiger charge is 2.34. The van der Waals surface area contributed by atoms with Crippen LogP contribution in [0.4, 0.5) is 0 Å². The van der Waals surface area contributed by atoms with Crippen LogP contribution in [0.3, 0.4) is 0 Å². The van der Waals surface area contributed by atoms with E-state index in [4.69, 9.17) is 15.1 Å². The summed E-state index contributed by atoms with van der Waals surface area (Å²) in [5.41, 5.74) is 7.74. The minimum Gasteiger partial charge on any atom is -0.442 e. The van der Waals surface area contributed by atoms with Crippen molar-refractivity contribution in [2.75, 3.05) is 6.54 Å². The monoisotopic (exact) mass is 413 g/mol. The standard InChI is InChI=1S/C20H27N3O2.2ClH/c1-13(2)19-18(15-8-5-4-6-9-15)22-20(25-19)16-10-7-11-23(16)17(24)12-14(3)21;;/h4-6,8-9,13-14,16H,7,10-12,21H2,1-3H3;2*1H. The number of carbonyl (C=O) groups is 1. The van der Waals surface area contributed by atoms with Crippen LogP contribution >= 0.6 is 24.8 Å². The molecule has 1 amide bonds. The van der Waals surface area contributed by atoms with Crippen molar-refractivity contribution < 1.29 is 9.21 Å². The number of benzene rings is 1. The zero-order chi connectivity index (χ0) is 18.0. The molecule has 1 aliphatic heterocycles. The van der Waals surface area contributed by atoms with Gasteiger partial charge in [0.15, 0.2) is 0 Å². The van der Waals surface area contributed by atoms with Crippen LogP contribution in [0, 0.1) is 0 Å². The minimum absolute atomic E-state index is 0. The predicted octanol–water partition coefficient (Wildman–Crippen LogP) is 4.71. The lowest BCUT2D eigenvalue weighted by Crippen LogP contribution is -2.34. The molecular weight excluding hydrogens is 385 g/mol. The molecule has 5 nitrogen and oxygen atoms in total. The number of rotatable bonds is 5. The van der Waals surface area contributed by atoms with Crippen molar-refractivity contribution in [2.45, 2.75) is 58.0 Å². The first kappa shape index (κ1) is 23.5. The van der Waals surface area contributed by atoms with E-state index in [0.29, 0.717) is 12.3 Å². The van der Waals surface area contributed by atoms with Crippen molar-refractivity contribution in [3.8, 4) is 11.3 Å². The number of nitrogens with zero attached hydrogens (tertiary/aromatic N) is 2. The molecule has 1 aromatic heterocycles. The van der Waals surface area contributed by atoms with Crippen LogP contribution in [0.25, 0.3) is 11.3 Å². The summed E-state index contributed by atoms with van der Waals surface area (Å²) in [6.07, 6.45) is 2.21. The van der Waals surface area contributed by atoms with E-state index in [-0.39, 0.29) is 48.7 Å². The lowest BCUT2D eigenvalue weighted by molar-refractivity contribution is -0.132. The van der Waals surface area contributed by atoms with Crippen molar-refractivity contribution in [3.05, 3.63) is 42.0 Å². The van der Waals surface area contributed by atoms with Gasteiger partial charge in [-0.3, -0.25) is 4.79 Å². The molecule has 2 heterocycles. The lowest BCUT2D eigenvalue weighted by Gasteiger charge is -2.23. The number of likely N-dealkylation sites (tertiary alicyclic amines) is 1. The predicted molar refractivity (Wildman–Crippen MR) is 112 cm³/mol. The number of halogens is 2. The van der Waals surface area contributed by atoms with E-state index in [0.717, 1.165) is 36.4 Å². The van der Waals surface area contributed by atoms with E-state index in [1.165, 1.54) is 0 Å². The fourth-order valence-electron chi connectivity index (χ4n) is 3.40. The molecule has 0 spiro atoms. The Morgan fingerprint density at radius 2 is 1.93 bits per heavy atom. The van der Waals surface area contributed by atoms with Crippen molar-refractivity contribution in [1.82, 2.24) is 9.88 Å². The molecule has 2 aromatic rings. The molecule has 0 bridgehead atoms. The molecule has 1 aliphatic rings. The Morgan fingerprint density at radius 1 is 1.26 bits per heavy atom. The molecule has 0 saturated carbocycles. The molecule has 1 fully saturated rings. The number of nitrogens with two attached hydrogens (primary N) is 1. The number of carbonyl (C=O) groups excluding carboxylic acids is 1. The molecule has 0 aliphatic carbocycles. The van der Waals surface area contributed by atoms with Crippen molar-refractivity contribution >= 4 is 30.7 Å². The van der Waals surface area contributed by atoms with E-state index in [9.17, 15) is 4.79 Å². The highest BCUT2D eigenvalue weighted by Crippen LogP contribution is 2.37. The summed E-state index contributed by atoms with van der Waals surface area (Å²) in [5.74, 6) is 1.85. The normalized spacial score (nSPS) is 17.4. The molecule has 0 radical (unpaired) electrons. The Morgan fingerprint density at radius 3 is 2.52 bits per heavy atom. The Balaban J connectivity index is 0.00000182. The molecule has 3 rings (SSSR count). The van der Waals surface area contributed by atoms with Crippen molar-refractivity contribution in [2.24, 2.45) is 5.73 Å². The minimum atomic E-state index is -0.135. The van der Waals surface area contributed by atoms with Gasteiger partial charge in [0.05, 0.1) is 0 Å². The van der Waals surface area contributed by atoms with Gasteiger partial charge in [0.2, 0.25) is 11.8 Å². The maximum atomic E-state index is 12.5. The second-order valence-electron chi connectivity index (χ2n) is 7.21. The first-order valence-electron chi connectivity index (χ1n) is 9.08. The molecule has 2 unspecified atom stereocenters. The van der Waals surface area contributed by atoms with Crippen LogP contribution in [0.1, 0.15) is 63.6 Å². The summed E-state index contributed by atoms with van der Waals surface area (Å²) in [4.78, 5) is 19.2. The van der Waals surface area contributed by atoms with Crippen LogP contribution in [0.15, 0.2) is 34.7 Å². The summed E-state index contributed by atoms with van der Waals surface area (Å²) in [7, 11) is 0. The van der Waals surface area contributed by atoms with E-state index < -0.39 is 0 Å². The third-order valence-electron chi connectivity index (χ3n) is 4.60. The second-order valence-corrected chi connectivity index (χ2v) is 7.21. The Kier molecular flexibility index (Phi) is 8.79. The Labute approximate surface area is 173 Å². The quantitative estimate of drug-likeness (QED) is 0.769. The van der Waals surface area contributed by atoms with Crippen LogP contribution in [0.5, 0.6) is 0 Å². The lowest BCUT2D eigenvalue weighted by atomic mass is 10.0. The second kappa shape index (κ2) is 10.1.